The molecule has 24 heavy (non-hydrogen) atoms. The fourth-order valence-electron chi connectivity index (χ4n) is 4.29. The van der Waals surface area contributed by atoms with E-state index in [9.17, 15) is 4.57 Å². The van der Waals surface area contributed by atoms with Gasteiger partial charge in [0, 0.05) is 13.1 Å². The summed E-state index contributed by atoms with van der Waals surface area (Å²) in [4.78, 5) is 0. The highest BCUT2D eigenvalue weighted by atomic mass is 31.2. The Morgan fingerprint density at radius 1 is 1.12 bits per heavy atom. The Morgan fingerprint density at radius 2 is 1.79 bits per heavy atom. The molecule has 1 saturated carbocycles. The third-order valence-electron chi connectivity index (χ3n) is 5.78. The van der Waals surface area contributed by atoms with Gasteiger partial charge in [-0.25, -0.2) is 4.67 Å². The minimum absolute atomic E-state index is 0.111. The maximum atomic E-state index is 14.1. The highest BCUT2D eigenvalue weighted by Gasteiger charge is 2.42. The molecule has 0 radical (unpaired) electrons. The summed E-state index contributed by atoms with van der Waals surface area (Å²) in [5, 5.41) is 0.868. The van der Waals surface area contributed by atoms with Crippen molar-refractivity contribution in [3.8, 4) is 0 Å². The van der Waals surface area contributed by atoms with E-state index in [-0.39, 0.29) is 6.10 Å². The molecule has 1 aliphatic carbocycles. The van der Waals surface area contributed by atoms with Crippen molar-refractivity contribution in [2.24, 2.45) is 17.8 Å². The van der Waals surface area contributed by atoms with Crippen LogP contribution >= 0.6 is 7.52 Å². The monoisotopic (exact) mass is 349 g/mol. The first-order chi connectivity index (χ1) is 11.5. The van der Waals surface area contributed by atoms with Crippen molar-refractivity contribution in [3.05, 3.63) is 30.3 Å². The Bertz CT molecular complexity index is 568. The van der Waals surface area contributed by atoms with E-state index in [4.69, 9.17) is 4.52 Å². The summed E-state index contributed by atoms with van der Waals surface area (Å²) in [5.41, 5.74) is 0. The molecule has 1 aromatic rings. The van der Waals surface area contributed by atoms with Gasteiger partial charge in [-0.15, -0.1) is 0 Å². The highest BCUT2D eigenvalue weighted by Crippen LogP contribution is 2.55. The van der Waals surface area contributed by atoms with Crippen molar-refractivity contribution >= 4 is 12.8 Å². The second kappa shape index (κ2) is 7.72. The summed E-state index contributed by atoms with van der Waals surface area (Å²) < 4.78 is 22.8. The van der Waals surface area contributed by atoms with Gasteiger partial charge in [0.15, 0.2) is 0 Å². The van der Waals surface area contributed by atoms with Crippen LogP contribution in [0.2, 0.25) is 0 Å². The van der Waals surface area contributed by atoms with Crippen LogP contribution in [0.3, 0.4) is 0 Å². The van der Waals surface area contributed by atoms with Gasteiger partial charge in [-0.1, -0.05) is 45.4 Å². The molecule has 0 N–H and O–H groups in total. The molecule has 134 valence electrons. The lowest BCUT2D eigenvalue weighted by molar-refractivity contribution is 0.0434. The second-order valence-electron chi connectivity index (χ2n) is 7.99. The van der Waals surface area contributed by atoms with E-state index >= 15 is 0 Å². The number of hydrogen-bond donors (Lipinski definition) is 0. The van der Waals surface area contributed by atoms with Crippen molar-refractivity contribution < 1.29 is 9.09 Å². The molecular formula is C20H32NO2P. The van der Waals surface area contributed by atoms with Crippen molar-refractivity contribution in [3.63, 3.8) is 0 Å². The fraction of sp³-hybridized carbons (Fsp3) is 0.700. The predicted octanol–water partition coefficient (Wildman–Crippen LogP) is 5.08. The number of benzene rings is 1. The summed E-state index contributed by atoms with van der Waals surface area (Å²) in [5.74, 6) is 1.75. The van der Waals surface area contributed by atoms with Crippen LogP contribution < -0.4 is 5.30 Å². The van der Waals surface area contributed by atoms with Crippen LogP contribution in [0.25, 0.3) is 0 Å². The van der Waals surface area contributed by atoms with E-state index in [0.29, 0.717) is 17.8 Å². The van der Waals surface area contributed by atoms with E-state index in [0.717, 1.165) is 37.7 Å². The predicted molar refractivity (Wildman–Crippen MR) is 101 cm³/mol. The Hall–Kier alpha value is -0.630. The van der Waals surface area contributed by atoms with E-state index in [1.807, 2.05) is 30.3 Å². The molecule has 1 saturated heterocycles. The minimum Gasteiger partial charge on any atom is -0.310 e. The minimum atomic E-state index is -2.96. The first kappa shape index (κ1) is 18.2. The molecule has 2 aliphatic rings. The van der Waals surface area contributed by atoms with E-state index < -0.39 is 7.52 Å². The first-order valence-electron chi connectivity index (χ1n) is 9.60. The molecule has 0 aromatic heterocycles. The number of rotatable bonds is 5. The molecule has 2 fully saturated rings. The van der Waals surface area contributed by atoms with Crippen molar-refractivity contribution in [2.45, 2.75) is 59.0 Å². The molecule has 0 amide bonds. The topological polar surface area (TPSA) is 29.5 Å². The SMILES string of the molecule is CC(C)[C@@H]1CC[C@H](C)C[C@H]1OP(=O)(c1ccccc1)N1CCCC1. The molecule has 4 heteroatoms. The normalized spacial score (nSPS) is 31.2. The fourth-order valence-corrected chi connectivity index (χ4v) is 6.84. The van der Waals surface area contributed by atoms with E-state index in [2.05, 4.69) is 25.4 Å². The average molecular weight is 349 g/mol. The molecule has 1 heterocycles. The summed E-state index contributed by atoms with van der Waals surface area (Å²) in [6.07, 6.45) is 5.85. The second-order valence-corrected chi connectivity index (χ2v) is 10.3. The van der Waals surface area contributed by atoms with Crippen LogP contribution in [-0.4, -0.2) is 23.9 Å². The summed E-state index contributed by atoms with van der Waals surface area (Å²) in [6.45, 7) is 8.64. The molecule has 1 aromatic carbocycles. The number of nitrogens with zero attached hydrogens (tertiary/aromatic N) is 1. The van der Waals surface area contributed by atoms with Crippen LogP contribution in [0, 0.1) is 17.8 Å². The summed E-state index contributed by atoms with van der Waals surface area (Å²) in [6, 6.07) is 9.90. The van der Waals surface area contributed by atoms with E-state index in [1.165, 1.54) is 12.8 Å². The van der Waals surface area contributed by atoms with Crippen LogP contribution in [0.5, 0.6) is 0 Å². The summed E-state index contributed by atoms with van der Waals surface area (Å²) >= 11 is 0. The lowest BCUT2D eigenvalue weighted by Crippen LogP contribution is -2.37. The van der Waals surface area contributed by atoms with Crippen molar-refractivity contribution in [2.75, 3.05) is 13.1 Å². The smallest absolute Gasteiger partial charge is 0.302 e. The largest absolute Gasteiger partial charge is 0.310 e. The van der Waals surface area contributed by atoms with Crippen LogP contribution in [0.15, 0.2) is 30.3 Å². The summed E-state index contributed by atoms with van der Waals surface area (Å²) in [7, 11) is -2.96. The molecule has 1 unspecified atom stereocenters. The van der Waals surface area contributed by atoms with Gasteiger partial charge in [0.25, 0.3) is 0 Å². The Kier molecular flexibility index (Phi) is 5.85. The van der Waals surface area contributed by atoms with Gasteiger partial charge in [-0.2, -0.15) is 0 Å². The van der Waals surface area contributed by atoms with Gasteiger partial charge >= 0.3 is 7.52 Å². The first-order valence-corrected chi connectivity index (χ1v) is 11.2. The van der Waals surface area contributed by atoms with Gasteiger partial charge in [-0.3, -0.25) is 4.57 Å². The molecular weight excluding hydrogens is 317 g/mol. The molecule has 4 atom stereocenters. The lowest BCUT2D eigenvalue weighted by Gasteiger charge is -2.40. The third kappa shape index (κ3) is 3.79. The Balaban J connectivity index is 1.89. The van der Waals surface area contributed by atoms with Crippen molar-refractivity contribution in [1.29, 1.82) is 0 Å². The molecule has 0 bridgehead atoms. The third-order valence-corrected chi connectivity index (χ3v) is 8.43. The van der Waals surface area contributed by atoms with Crippen LogP contribution in [0.1, 0.15) is 52.9 Å². The molecule has 0 spiro atoms. The van der Waals surface area contributed by atoms with Crippen molar-refractivity contribution in [1.82, 2.24) is 4.67 Å². The van der Waals surface area contributed by atoms with Gasteiger partial charge in [0.1, 0.15) is 0 Å². The highest BCUT2D eigenvalue weighted by molar-refractivity contribution is 7.64. The van der Waals surface area contributed by atoms with Gasteiger partial charge < -0.3 is 4.52 Å². The van der Waals surface area contributed by atoms with Crippen LogP contribution in [0.4, 0.5) is 0 Å². The maximum Gasteiger partial charge on any atom is 0.302 e. The molecule has 1 aliphatic heterocycles. The molecule has 3 nitrogen and oxygen atoms in total. The van der Waals surface area contributed by atoms with Gasteiger partial charge in [0.05, 0.1) is 11.4 Å². The Labute approximate surface area is 147 Å². The van der Waals surface area contributed by atoms with Gasteiger partial charge in [0.2, 0.25) is 0 Å². The molecule has 3 rings (SSSR count). The zero-order chi connectivity index (χ0) is 17.2. The lowest BCUT2D eigenvalue weighted by atomic mass is 9.75. The Morgan fingerprint density at radius 3 is 2.42 bits per heavy atom. The zero-order valence-corrected chi connectivity index (χ0v) is 16.3. The maximum absolute atomic E-state index is 14.1. The number of hydrogen-bond acceptors (Lipinski definition) is 2. The zero-order valence-electron chi connectivity index (χ0n) is 15.4. The average Bonchev–Trinajstić information content (AvgIpc) is 3.10. The van der Waals surface area contributed by atoms with Crippen LogP contribution in [-0.2, 0) is 9.09 Å². The van der Waals surface area contributed by atoms with E-state index in [1.54, 1.807) is 0 Å². The van der Waals surface area contributed by atoms with Gasteiger partial charge in [-0.05, 0) is 55.6 Å². The quantitative estimate of drug-likeness (QED) is 0.695. The standard InChI is InChI=1S/C20H32NO2P/c1-16(2)19-12-11-17(3)15-20(19)23-24(22,21-13-7-8-14-21)18-9-5-4-6-10-18/h4-6,9-10,16-17,19-20H,7-8,11-15H2,1-3H3/t17-,19-,20+,24?/m0/s1.